The first kappa shape index (κ1) is 21.9. The van der Waals surface area contributed by atoms with Crippen LogP contribution in [0.15, 0.2) is 42.5 Å². The average Bonchev–Trinajstić information content (AvgIpc) is 2.69. The summed E-state index contributed by atoms with van der Waals surface area (Å²) in [4.78, 5) is 27.5. The molecule has 0 aromatic heterocycles. The van der Waals surface area contributed by atoms with Gasteiger partial charge in [0.2, 0.25) is 11.8 Å². The van der Waals surface area contributed by atoms with Crippen LogP contribution in [0.4, 0.5) is 24.5 Å². The lowest BCUT2D eigenvalue weighted by atomic mass is 10.2. The second-order valence-corrected chi connectivity index (χ2v) is 6.23. The van der Waals surface area contributed by atoms with E-state index in [1.54, 1.807) is 30.3 Å². The van der Waals surface area contributed by atoms with Gasteiger partial charge in [-0.15, -0.1) is 0 Å². The molecule has 0 saturated heterocycles. The number of anilines is 2. The molecule has 2 amide bonds. The molecule has 0 atom stereocenters. The highest BCUT2D eigenvalue weighted by Crippen LogP contribution is 2.19. The number of carbonyl (C=O) groups excluding carboxylic acids is 2. The predicted molar refractivity (Wildman–Crippen MR) is 101 cm³/mol. The third-order valence-electron chi connectivity index (χ3n) is 3.94. The van der Waals surface area contributed by atoms with Gasteiger partial charge in [-0.2, -0.15) is 5.26 Å². The standard InChI is InChI=1S/C20H19F3N4O2/c1-26(12-17(28)25-16-9-8-15(21)19(22)20(16)23)13-18(29)27(11-5-10-24)14-6-3-2-4-7-14/h2-4,6-9H,5,11-13H2,1H3,(H,25,28). The minimum absolute atomic E-state index is 0.139. The van der Waals surface area contributed by atoms with Crippen molar-refractivity contribution in [2.45, 2.75) is 6.42 Å². The topological polar surface area (TPSA) is 76.4 Å². The van der Waals surface area contributed by atoms with E-state index < -0.39 is 29.0 Å². The number of nitrogens with one attached hydrogen (secondary N) is 1. The fourth-order valence-corrected chi connectivity index (χ4v) is 2.60. The molecule has 29 heavy (non-hydrogen) atoms. The summed E-state index contributed by atoms with van der Waals surface area (Å²) in [5.74, 6) is -5.57. The van der Waals surface area contributed by atoms with Gasteiger partial charge in [0, 0.05) is 12.2 Å². The molecule has 1 N–H and O–H groups in total. The third kappa shape index (κ3) is 6.05. The Balaban J connectivity index is 1.98. The highest BCUT2D eigenvalue weighted by Gasteiger charge is 2.20. The lowest BCUT2D eigenvalue weighted by Gasteiger charge is -2.24. The number of carbonyl (C=O) groups is 2. The second kappa shape index (κ2) is 10.2. The number of nitrogens with zero attached hydrogens (tertiary/aromatic N) is 3. The highest BCUT2D eigenvalue weighted by molar-refractivity contribution is 5.96. The molecule has 6 nitrogen and oxygen atoms in total. The van der Waals surface area contributed by atoms with Gasteiger partial charge < -0.3 is 10.2 Å². The van der Waals surface area contributed by atoms with Gasteiger partial charge >= 0.3 is 0 Å². The fraction of sp³-hybridized carbons (Fsp3) is 0.250. The summed E-state index contributed by atoms with van der Waals surface area (Å²) in [6.45, 7) is -0.238. The molecule has 2 aromatic carbocycles. The van der Waals surface area contributed by atoms with Gasteiger partial charge in [-0.3, -0.25) is 14.5 Å². The van der Waals surface area contributed by atoms with Gasteiger partial charge in [0.05, 0.1) is 31.3 Å². The van der Waals surface area contributed by atoms with Crippen LogP contribution in [0, 0.1) is 28.8 Å². The van der Waals surface area contributed by atoms with Crippen LogP contribution < -0.4 is 10.2 Å². The van der Waals surface area contributed by atoms with Crippen molar-refractivity contribution in [2.75, 3.05) is 36.9 Å². The molecule has 0 spiro atoms. The maximum Gasteiger partial charge on any atom is 0.241 e. The summed E-state index contributed by atoms with van der Waals surface area (Å²) in [6, 6.07) is 12.4. The Morgan fingerprint density at radius 3 is 2.38 bits per heavy atom. The Morgan fingerprint density at radius 2 is 1.72 bits per heavy atom. The smallest absolute Gasteiger partial charge is 0.241 e. The van der Waals surface area contributed by atoms with Gasteiger partial charge in [0.25, 0.3) is 0 Å². The normalized spacial score (nSPS) is 10.5. The Labute approximate surface area is 166 Å². The number of para-hydroxylation sites is 1. The van der Waals surface area contributed by atoms with Crippen molar-refractivity contribution in [3.8, 4) is 6.07 Å². The zero-order chi connectivity index (χ0) is 21.4. The summed E-state index contributed by atoms with van der Waals surface area (Å²) < 4.78 is 39.9. The van der Waals surface area contributed by atoms with E-state index in [0.717, 1.165) is 6.07 Å². The molecule has 9 heteroatoms. The lowest BCUT2D eigenvalue weighted by Crippen LogP contribution is -2.42. The van der Waals surface area contributed by atoms with E-state index in [-0.39, 0.29) is 32.0 Å². The van der Waals surface area contributed by atoms with E-state index in [0.29, 0.717) is 11.8 Å². The van der Waals surface area contributed by atoms with Crippen LogP contribution in [0.5, 0.6) is 0 Å². The molecule has 0 heterocycles. The van der Waals surface area contributed by atoms with E-state index in [2.05, 4.69) is 5.32 Å². The van der Waals surface area contributed by atoms with Crippen LogP contribution in [0.25, 0.3) is 0 Å². The monoisotopic (exact) mass is 404 g/mol. The van der Waals surface area contributed by atoms with Crippen LogP contribution in [-0.2, 0) is 9.59 Å². The Bertz CT molecular complexity index is 916. The van der Waals surface area contributed by atoms with Gasteiger partial charge in [-0.25, -0.2) is 13.2 Å². The first-order valence-electron chi connectivity index (χ1n) is 8.67. The predicted octanol–water partition coefficient (Wildman–Crippen LogP) is 2.92. The second-order valence-electron chi connectivity index (χ2n) is 6.23. The molecule has 0 aliphatic carbocycles. The maximum atomic E-state index is 13.7. The van der Waals surface area contributed by atoms with Crippen LogP contribution in [0.2, 0.25) is 0 Å². The molecular formula is C20H19F3N4O2. The highest BCUT2D eigenvalue weighted by atomic mass is 19.2. The maximum absolute atomic E-state index is 13.7. The van der Waals surface area contributed by atoms with Crippen molar-refractivity contribution in [2.24, 2.45) is 0 Å². The average molecular weight is 404 g/mol. The number of likely N-dealkylation sites (N-methyl/N-ethyl adjacent to an activating group) is 1. The van der Waals surface area contributed by atoms with Crippen molar-refractivity contribution in [3.63, 3.8) is 0 Å². The molecule has 0 unspecified atom stereocenters. The van der Waals surface area contributed by atoms with E-state index in [1.165, 1.54) is 16.8 Å². The quantitative estimate of drug-likeness (QED) is 0.687. The fourth-order valence-electron chi connectivity index (χ4n) is 2.60. The molecular weight excluding hydrogens is 385 g/mol. The van der Waals surface area contributed by atoms with Crippen molar-refractivity contribution >= 4 is 23.2 Å². The Kier molecular flexibility index (Phi) is 7.74. The van der Waals surface area contributed by atoms with Gasteiger partial charge in [0.1, 0.15) is 0 Å². The third-order valence-corrected chi connectivity index (χ3v) is 3.94. The van der Waals surface area contributed by atoms with Crippen LogP contribution in [-0.4, -0.2) is 43.4 Å². The number of halogens is 3. The molecule has 2 aromatic rings. The van der Waals surface area contributed by atoms with Crippen LogP contribution in [0.3, 0.4) is 0 Å². The first-order valence-corrected chi connectivity index (χ1v) is 8.67. The van der Waals surface area contributed by atoms with Gasteiger partial charge in [-0.1, -0.05) is 18.2 Å². The number of amides is 2. The van der Waals surface area contributed by atoms with Crippen LogP contribution in [0.1, 0.15) is 6.42 Å². The molecule has 0 bridgehead atoms. The summed E-state index contributed by atoms with van der Waals surface area (Å²) in [5, 5.41) is 11.0. The largest absolute Gasteiger partial charge is 0.322 e. The molecule has 0 aliphatic heterocycles. The minimum Gasteiger partial charge on any atom is -0.322 e. The van der Waals surface area contributed by atoms with E-state index >= 15 is 0 Å². The van der Waals surface area contributed by atoms with E-state index in [9.17, 15) is 22.8 Å². The zero-order valence-corrected chi connectivity index (χ0v) is 15.7. The summed E-state index contributed by atoms with van der Waals surface area (Å²) in [7, 11) is 1.51. The van der Waals surface area contributed by atoms with Gasteiger partial charge in [0.15, 0.2) is 17.5 Å². The Hall–Kier alpha value is -3.38. The molecule has 152 valence electrons. The molecule has 0 fully saturated rings. The molecule has 0 aliphatic rings. The number of nitriles is 1. The molecule has 0 saturated carbocycles. The van der Waals surface area contributed by atoms with Crippen molar-refractivity contribution in [3.05, 3.63) is 59.9 Å². The van der Waals surface area contributed by atoms with Crippen molar-refractivity contribution in [1.82, 2.24) is 4.90 Å². The van der Waals surface area contributed by atoms with Crippen molar-refractivity contribution < 1.29 is 22.8 Å². The molecule has 2 rings (SSSR count). The summed E-state index contributed by atoms with van der Waals surface area (Å²) in [6.07, 6.45) is 0.139. The molecule has 0 radical (unpaired) electrons. The van der Waals surface area contributed by atoms with Crippen LogP contribution >= 0.6 is 0 Å². The van der Waals surface area contributed by atoms with E-state index in [1.807, 2.05) is 6.07 Å². The SMILES string of the molecule is CN(CC(=O)Nc1ccc(F)c(F)c1F)CC(=O)N(CCC#N)c1ccccc1. The van der Waals surface area contributed by atoms with E-state index in [4.69, 9.17) is 5.26 Å². The minimum atomic E-state index is -1.68. The number of rotatable bonds is 8. The lowest BCUT2D eigenvalue weighted by molar-refractivity contribution is -0.121. The zero-order valence-electron chi connectivity index (χ0n) is 15.7. The Morgan fingerprint density at radius 1 is 1.03 bits per heavy atom. The van der Waals surface area contributed by atoms with Crippen molar-refractivity contribution in [1.29, 1.82) is 5.26 Å². The summed E-state index contributed by atoms with van der Waals surface area (Å²) in [5.41, 5.74) is 0.128. The first-order chi connectivity index (χ1) is 13.8. The number of hydrogen-bond donors (Lipinski definition) is 1. The number of benzene rings is 2. The summed E-state index contributed by atoms with van der Waals surface area (Å²) >= 11 is 0. The number of hydrogen-bond acceptors (Lipinski definition) is 4. The van der Waals surface area contributed by atoms with Gasteiger partial charge in [-0.05, 0) is 31.3 Å².